The van der Waals surface area contributed by atoms with Crippen LogP contribution in [0.1, 0.15) is 38.4 Å². The number of aryl methyl sites for hydroxylation is 1. The molecule has 1 aromatic heterocycles. The molecule has 1 aliphatic carbocycles. The van der Waals surface area contributed by atoms with Crippen molar-refractivity contribution in [2.75, 3.05) is 37.6 Å². The van der Waals surface area contributed by atoms with E-state index >= 15 is 0 Å². The third-order valence-corrected chi connectivity index (χ3v) is 5.35. The Labute approximate surface area is 155 Å². The maximum atomic E-state index is 12.3. The molecule has 2 heterocycles. The predicted octanol–water partition coefficient (Wildman–Crippen LogP) is 2.26. The second kappa shape index (κ2) is 8.32. The molecule has 25 heavy (non-hydrogen) atoms. The van der Waals surface area contributed by atoms with Crippen LogP contribution in [0, 0.1) is 12.8 Å². The quantitative estimate of drug-likeness (QED) is 0.829. The van der Waals surface area contributed by atoms with Crippen LogP contribution in [0.2, 0.25) is 5.15 Å². The summed E-state index contributed by atoms with van der Waals surface area (Å²) in [7, 11) is 0. The molecule has 1 amide bonds. The summed E-state index contributed by atoms with van der Waals surface area (Å²) in [4.78, 5) is 25.3. The number of halogens is 1. The van der Waals surface area contributed by atoms with Gasteiger partial charge >= 0.3 is 0 Å². The van der Waals surface area contributed by atoms with Crippen LogP contribution in [0.5, 0.6) is 0 Å². The molecular weight excluding hydrogens is 338 g/mol. The smallest absolute Gasteiger partial charge is 0.234 e. The van der Waals surface area contributed by atoms with Crippen molar-refractivity contribution < 1.29 is 4.79 Å². The van der Waals surface area contributed by atoms with Crippen molar-refractivity contribution in [3.63, 3.8) is 0 Å². The molecule has 1 aliphatic heterocycles. The van der Waals surface area contributed by atoms with Gasteiger partial charge in [-0.3, -0.25) is 9.69 Å². The van der Waals surface area contributed by atoms with Crippen molar-refractivity contribution in [3.8, 4) is 0 Å². The van der Waals surface area contributed by atoms with Crippen LogP contribution in [0.3, 0.4) is 0 Å². The van der Waals surface area contributed by atoms with Crippen molar-refractivity contribution in [2.24, 2.45) is 5.92 Å². The fraction of sp³-hybridized carbons (Fsp3) is 0.722. The molecule has 2 aliphatic rings. The first kappa shape index (κ1) is 18.4. The Kier molecular flexibility index (Phi) is 6.12. The minimum atomic E-state index is 0.161. The van der Waals surface area contributed by atoms with Crippen molar-refractivity contribution in [2.45, 2.75) is 45.6 Å². The highest BCUT2D eigenvalue weighted by Crippen LogP contribution is 2.23. The molecule has 1 N–H and O–H groups in total. The Balaban J connectivity index is 1.45. The van der Waals surface area contributed by atoms with Gasteiger partial charge in [-0.1, -0.05) is 31.4 Å². The number of hydrogen-bond acceptors (Lipinski definition) is 5. The lowest BCUT2D eigenvalue weighted by molar-refractivity contribution is -0.123. The van der Waals surface area contributed by atoms with Gasteiger partial charge in [0.15, 0.2) is 0 Å². The summed E-state index contributed by atoms with van der Waals surface area (Å²) in [6, 6.07) is 2.17. The van der Waals surface area contributed by atoms with E-state index in [9.17, 15) is 4.79 Å². The molecule has 0 aromatic carbocycles. The van der Waals surface area contributed by atoms with Crippen LogP contribution in [0.4, 0.5) is 5.82 Å². The summed E-state index contributed by atoms with van der Waals surface area (Å²) in [5, 5.41) is 3.70. The Hall–Kier alpha value is -1.40. The van der Waals surface area contributed by atoms with Gasteiger partial charge in [-0.15, -0.1) is 0 Å². The third-order valence-electron chi connectivity index (χ3n) is 5.16. The van der Waals surface area contributed by atoms with E-state index in [0.29, 0.717) is 23.6 Å². The lowest BCUT2D eigenvalue weighted by Crippen LogP contribution is -2.51. The van der Waals surface area contributed by atoms with Gasteiger partial charge in [-0.05, 0) is 25.7 Å². The fourth-order valence-corrected chi connectivity index (χ4v) is 4.08. The summed E-state index contributed by atoms with van der Waals surface area (Å²) < 4.78 is 0. The van der Waals surface area contributed by atoms with Gasteiger partial charge in [-0.2, -0.15) is 0 Å². The standard InChI is InChI=1S/C18H28ClN5O/c1-13-4-3-5-15(10-13)22-18(25)12-23-6-8-24(9-7-23)17-11-16(19)20-14(2)21-17/h11,13,15H,3-10,12H2,1-2H3,(H,22,25). The first-order valence-electron chi connectivity index (χ1n) is 9.27. The number of nitrogens with one attached hydrogen (secondary N) is 1. The minimum absolute atomic E-state index is 0.161. The van der Waals surface area contributed by atoms with Crippen molar-refractivity contribution in [1.29, 1.82) is 0 Å². The van der Waals surface area contributed by atoms with Gasteiger partial charge in [-0.25, -0.2) is 9.97 Å². The van der Waals surface area contributed by atoms with Crippen LogP contribution in [-0.4, -0.2) is 59.5 Å². The lowest BCUT2D eigenvalue weighted by atomic mass is 9.87. The molecule has 0 spiro atoms. The molecular formula is C18H28ClN5O. The topological polar surface area (TPSA) is 61.4 Å². The zero-order valence-electron chi connectivity index (χ0n) is 15.2. The molecule has 1 saturated heterocycles. The molecule has 7 heteroatoms. The van der Waals surface area contributed by atoms with E-state index in [0.717, 1.165) is 50.8 Å². The first-order valence-corrected chi connectivity index (χ1v) is 9.65. The van der Waals surface area contributed by atoms with Gasteiger partial charge in [0.2, 0.25) is 5.91 Å². The van der Waals surface area contributed by atoms with E-state index < -0.39 is 0 Å². The van der Waals surface area contributed by atoms with E-state index in [1.54, 1.807) is 6.07 Å². The number of rotatable bonds is 4. The largest absolute Gasteiger partial charge is 0.354 e. The predicted molar refractivity (Wildman–Crippen MR) is 100.0 cm³/mol. The highest BCUT2D eigenvalue weighted by Gasteiger charge is 2.23. The average Bonchev–Trinajstić information content (AvgIpc) is 2.54. The monoisotopic (exact) mass is 365 g/mol. The molecule has 2 unspecified atom stereocenters. The Morgan fingerprint density at radius 1 is 1.28 bits per heavy atom. The molecule has 1 aromatic rings. The first-order chi connectivity index (χ1) is 12.0. The molecule has 0 radical (unpaired) electrons. The molecule has 1 saturated carbocycles. The Morgan fingerprint density at radius 3 is 2.72 bits per heavy atom. The highest BCUT2D eigenvalue weighted by molar-refractivity contribution is 6.29. The maximum absolute atomic E-state index is 12.3. The van der Waals surface area contributed by atoms with Crippen molar-refractivity contribution >= 4 is 23.3 Å². The van der Waals surface area contributed by atoms with Gasteiger partial charge in [0, 0.05) is 38.3 Å². The summed E-state index contributed by atoms with van der Waals surface area (Å²) in [6.07, 6.45) is 4.76. The van der Waals surface area contributed by atoms with E-state index in [1.165, 1.54) is 12.8 Å². The number of anilines is 1. The zero-order chi connectivity index (χ0) is 17.8. The van der Waals surface area contributed by atoms with Gasteiger partial charge in [0.25, 0.3) is 0 Å². The Bertz CT molecular complexity index is 583. The summed E-state index contributed by atoms with van der Waals surface area (Å²) in [5.74, 6) is 2.45. The molecule has 2 atom stereocenters. The number of hydrogen-bond donors (Lipinski definition) is 1. The lowest BCUT2D eigenvalue weighted by Gasteiger charge is -2.35. The number of piperazine rings is 1. The average molecular weight is 366 g/mol. The second-order valence-electron chi connectivity index (χ2n) is 7.40. The third kappa shape index (κ3) is 5.28. The SMILES string of the molecule is Cc1nc(Cl)cc(N2CCN(CC(=O)NC3CCCC(C)C3)CC2)n1. The summed E-state index contributed by atoms with van der Waals surface area (Å²) >= 11 is 6.03. The highest BCUT2D eigenvalue weighted by atomic mass is 35.5. The summed E-state index contributed by atoms with van der Waals surface area (Å²) in [5.41, 5.74) is 0. The molecule has 138 valence electrons. The van der Waals surface area contributed by atoms with Gasteiger partial charge < -0.3 is 10.2 Å². The van der Waals surface area contributed by atoms with E-state index in [4.69, 9.17) is 11.6 Å². The van der Waals surface area contributed by atoms with Crippen LogP contribution < -0.4 is 10.2 Å². The number of aromatic nitrogens is 2. The van der Waals surface area contributed by atoms with E-state index in [-0.39, 0.29) is 5.91 Å². The fourth-order valence-electron chi connectivity index (χ4n) is 3.86. The number of nitrogens with zero attached hydrogens (tertiary/aromatic N) is 4. The molecule has 2 fully saturated rings. The number of carbonyl (C=O) groups excluding carboxylic acids is 1. The van der Waals surface area contributed by atoms with Crippen LogP contribution in [0.15, 0.2) is 6.07 Å². The number of amides is 1. The van der Waals surface area contributed by atoms with Crippen LogP contribution in [-0.2, 0) is 4.79 Å². The Morgan fingerprint density at radius 2 is 2.04 bits per heavy atom. The van der Waals surface area contributed by atoms with E-state index in [1.807, 2.05) is 6.92 Å². The maximum Gasteiger partial charge on any atom is 0.234 e. The number of carbonyl (C=O) groups is 1. The van der Waals surface area contributed by atoms with Crippen LogP contribution in [0.25, 0.3) is 0 Å². The van der Waals surface area contributed by atoms with Gasteiger partial charge in [0.05, 0.1) is 6.54 Å². The second-order valence-corrected chi connectivity index (χ2v) is 7.78. The molecule has 6 nitrogen and oxygen atoms in total. The van der Waals surface area contributed by atoms with E-state index in [2.05, 4.69) is 32.0 Å². The normalized spacial score (nSPS) is 25.0. The van der Waals surface area contributed by atoms with Crippen molar-refractivity contribution in [3.05, 3.63) is 17.0 Å². The van der Waals surface area contributed by atoms with Crippen LogP contribution >= 0.6 is 11.6 Å². The zero-order valence-corrected chi connectivity index (χ0v) is 15.9. The molecule has 0 bridgehead atoms. The van der Waals surface area contributed by atoms with Gasteiger partial charge in [0.1, 0.15) is 16.8 Å². The molecule has 3 rings (SSSR count). The minimum Gasteiger partial charge on any atom is -0.354 e. The summed E-state index contributed by atoms with van der Waals surface area (Å²) in [6.45, 7) is 8.02. The van der Waals surface area contributed by atoms with Crippen molar-refractivity contribution in [1.82, 2.24) is 20.2 Å².